The molecule has 164 valence electrons. The molecule has 0 saturated carbocycles. The molecule has 1 aromatic heterocycles. The second-order valence-corrected chi connectivity index (χ2v) is 10.1. The fourth-order valence-corrected chi connectivity index (χ4v) is 4.48. The molecule has 31 heavy (non-hydrogen) atoms. The molecule has 0 aliphatic heterocycles. The van der Waals surface area contributed by atoms with E-state index in [-0.39, 0.29) is 30.4 Å². The molecule has 2 aromatic carbocycles. The Morgan fingerprint density at radius 3 is 2.48 bits per heavy atom. The zero-order chi connectivity index (χ0) is 22.4. The van der Waals surface area contributed by atoms with Gasteiger partial charge in [-0.15, -0.1) is 11.3 Å². The third-order valence-corrected chi connectivity index (χ3v) is 6.54. The lowest BCUT2D eigenvalue weighted by Gasteiger charge is -2.04. The van der Waals surface area contributed by atoms with Gasteiger partial charge < -0.3 is 5.32 Å². The largest absolute Gasteiger partial charge is 0.355 e. The number of carbonyl (C=O) groups is 2. The quantitative estimate of drug-likeness (QED) is 0.451. The number of aromatic nitrogens is 1. The summed E-state index contributed by atoms with van der Waals surface area (Å²) >= 11 is 1.42. The van der Waals surface area contributed by atoms with Crippen molar-refractivity contribution in [3.63, 3.8) is 0 Å². The first-order valence-electron chi connectivity index (χ1n) is 10.1. The molecule has 0 saturated heterocycles. The summed E-state index contributed by atoms with van der Waals surface area (Å²) in [6.07, 6.45) is 2.54. The van der Waals surface area contributed by atoms with Gasteiger partial charge in [0.15, 0.2) is 5.78 Å². The first kappa shape index (κ1) is 23.1. The summed E-state index contributed by atoms with van der Waals surface area (Å²) in [6.45, 7) is 2.04. The van der Waals surface area contributed by atoms with Crippen molar-refractivity contribution in [3.8, 4) is 11.1 Å². The van der Waals surface area contributed by atoms with E-state index in [1.165, 1.54) is 11.3 Å². The standard InChI is InChI=1S/C22H25N3O4S2/c1-2-3-4-19(26)16-7-5-15(6-8-16)17-9-10-18-20(13-17)30-22(25-18)14-21(27)24-11-12-31(23,28)29/h5-10,13H,2-4,11-12,14H2,1H3,(H,24,27)(H2,23,28,29). The predicted molar refractivity (Wildman–Crippen MR) is 124 cm³/mol. The number of nitrogens with zero attached hydrogens (tertiary/aromatic N) is 1. The van der Waals surface area contributed by atoms with E-state index < -0.39 is 10.0 Å². The van der Waals surface area contributed by atoms with Crippen LogP contribution in [0.2, 0.25) is 0 Å². The van der Waals surface area contributed by atoms with Crippen LogP contribution in [0.3, 0.4) is 0 Å². The summed E-state index contributed by atoms with van der Waals surface area (Å²) in [5.74, 6) is -0.435. The molecular formula is C22H25N3O4S2. The summed E-state index contributed by atoms with van der Waals surface area (Å²) < 4.78 is 22.8. The maximum Gasteiger partial charge on any atom is 0.226 e. The van der Waals surface area contributed by atoms with E-state index in [0.717, 1.165) is 39.7 Å². The van der Waals surface area contributed by atoms with Crippen LogP contribution in [0.4, 0.5) is 0 Å². The minimum absolute atomic E-state index is 0.0242. The van der Waals surface area contributed by atoms with Gasteiger partial charge in [-0.1, -0.05) is 43.7 Å². The fourth-order valence-electron chi connectivity index (χ4n) is 3.09. The average molecular weight is 460 g/mol. The number of carbonyl (C=O) groups excluding carboxylic acids is 2. The number of unbranched alkanes of at least 4 members (excludes halogenated alkanes) is 1. The van der Waals surface area contributed by atoms with Crippen LogP contribution in [0.5, 0.6) is 0 Å². The summed E-state index contributed by atoms with van der Waals surface area (Å²) in [5.41, 5.74) is 3.54. The number of nitrogens with one attached hydrogen (secondary N) is 1. The molecule has 0 fully saturated rings. The van der Waals surface area contributed by atoms with Crippen molar-refractivity contribution in [1.82, 2.24) is 10.3 Å². The molecule has 3 rings (SSSR count). The van der Waals surface area contributed by atoms with E-state index in [0.29, 0.717) is 11.4 Å². The van der Waals surface area contributed by atoms with Gasteiger partial charge in [-0.05, 0) is 29.7 Å². The third-order valence-electron chi connectivity index (χ3n) is 4.75. The van der Waals surface area contributed by atoms with Crippen molar-refractivity contribution in [2.75, 3.05) is 12.3 Å². The smallest absolute Gasteiger partial charge is 0.226 e. The number of hydrogen-bond donors (Lipinski definition) is 2. The molecule has 0 aliphatic carbocycles. The second-order valence-electron chi connectivity index (χ2n) is 7.29. The van der Waals surface area contributed by atoms with E-state index in [1.54, 1.807) is 0 Å². The zero-order valence-corrected chi connectivity index (χ0v) is 18.9. The SMILES string of the molecule is CCCCC(=O)c1ccc(-c2ccc3nc(CC(=O)NCCS(N)(=O)=O)sc3c2)cc1. The lowest BCUT2D eigenvalue weighted by atomic mass is 10.0. The highest BCUT2D eigenvalue weighted by Gasteiger charge is 2.12. The first-order valence-corrected chi connectivity index (χ1v) is 12.6. The van der Waals surface area contributed by atoms with Crippen molar-refractivity contribution < 1.29 is 18.0 Å². The summed E-state index contributed by atoms with van der Waals surface area (Å²) in [7, 11) is -3.60. The van der Waals surface area contributed by atoms with Crippen LogP contribution in [-0.2, 0) is 21.2 Å². The van der Waals surface area contributed by atoms with Crippen molar-refractivity contribution in [1.29, 1.82) is 0 Å². The number of sulfonamides is 1. The van der Waals surface area contributed by atoms with E-state index in [1.807, 2.05) is 42.5 Å². The van der Waals surface area contributed by atoms with Crippen LogP contribution in [-0.4, -0.2) is 37.4 Å². The Balaban J connectivity index is 1.68. The first-order chi connectivity index (χ1) is 14.7. The number of thiazole rings is 1. The number of ketones is 1. The second kappa shape index (κ2) is 10.1. The van der Waals surface area contributed by atoms with Crippen LogP contribution in [0, 0.1) is 0 Å². The topological polar surface area (TPSA) is 119 Å². The van der Waals surface area contributed by atoms with Gasteiger partial charge in [-0.25, -0.2) is 18.5 Å². The maximum atomic E-state index is 12.2. The number of amides is 1. The summed E-state index contributed by atoms with van der Waals surface area (Å²) in [4.78, 5) is 28.6. The number of rotatable bonds is 10. The number of fused-ring (bicyclic) bond motifs is 1. The van der Waals surface area contributed by atoms with Crippen molar-refractivity contribution in [2.24, 2.45) is 5.14 Å². The highest BCUT2D eigenvalue weighted by molar-refractivity contribution is 7.89. The van der Waals surface area contributed by atoms with Gasteiger partial charge in [0, 0.05) is 18.5 Å². The van der Waals surface area contributed by atoms with Gasteiger partial charge in [0.25, 0.3) is 0 Å². The van der Waals surface area contributed by atoms with Gasteiger partial charge >= 0.3 is 0 Å². The lowest BCUT2D eigenvalue weighted by molar-refractivity contribution is -0.120. The predicted octanol–water partition coefficient (Wildman–Crippen LogP) is 3.28. The summed E-state index contributed by atoms with van der Waals surface area (Å²) in [5, 5.41) is 8.11. The Morgan fingerprint density at radius 2 is 1.81 bits per heavy atom. The number of benzene rings is 2. The molecule has 0 bridgehead atoms. The molecule has 0 spiro atoms. The molecule has 0 unspecified atom stereocenters. The monoisotopic (exact) mass is 459 g/mol. The highest BCUT2D eigenvalue weighted by atomic mass is 32.2. The van der Waals surface area contributed by atoms with Gasteiger partial charge in [0.2, 0.25) is 15.9 Å². The molecule has 0 aliphatic rings. The Morgan fingerprint density at radius 1 is 1.10 bits per heavy atom. The molecule has 1 amide bonds. The van der Waals surface area contributed by atoms with Crippen molar-refractivity contribution >= 4 is 43.3 Å². The molecule has 1 heterocycles. The van der Waals surface area contributed by atoms with Crippen molar-refractivity contribution in [3.05, 3.63) is 53.0 Å². The van der Waals surface area contributed by atoms with Crippen LogP contribution in [0.25, 0.3) is 21.3 Å². The van der Waals surface area contributed by atoms with Crippen LogP contribution < -0.4 is 10.5 Å². The Bertz CT molecular complexity index is 1190. The molecular weight excluding hydrogens is 434 g/mol. The number of hydrogen-bond acceptors (Lipinski definition) is 6. The molecule has 3 aromatic rings. The maximum absolute atomic E-state index is 12.2. The van der Waals surface area contributed by atoms with E-state index in [4.69, 9.17) is 5.14 Å². The van der Waals surface area contributed by atoms with Gasteiger partial charge in [0.05, 0.1) is 22.4 Å². The third kappa shape index (κ3) is 6.68. The zero-order valence-electron chi connectivity index (χ0n) is 17.3. The van der Waals surface area contributed by atoms with Gasteiger partial charge in [0.1, 0.15) is 5.01 Å². The minimum Gasteiger partial charge on any atom is -0.355 e. The normalized spacial score (nSPS) is 11.5. The molecule has 3 N–H and O–H groups in total. The number of Topliss-reactive ketones (excluding diaryl/α,β-unsaturated/α-hetero) is 1. The molecule has 7 nitrogen and oxygen atoms in total. The van der Waals surface area contributed by atoms with Crippen molar-refractivity contribution in [2.45, 2.75) is 32.6 Å². The Kier molecular flexibility index (Phi) is 7.53. The number of nitrogens with two attached hydrogens (primary N) is 1. The van der Waals surface area contributed by atoms with Crippen LogP contribution in [0.15, 0.2) is 42.5 Å². The van der Waals surface area contributed by atoms with E-state index >= 15 is 0 Å². The minimum atomic E-state index is -3.60. The van der Waals surface area contributed by atoms with E-state index in [2.05, 4.69) is 17.2 Å². The van der Waals surface area contributed by atoms with E-state index in [9.17, 15) is 18.0 Å². The lowest BCUT2D eigenvalue weighted by Crippen LogP contribution is -2.32. The molecule has 0 radical (unpaired) electrons. The Labute approximate surface area is 185 Å². The summed E-state index contributed by atoms with van der Waals surface area (Å²) in [6, 6.07) is 13.5. The van der Waals surface area contributed by atoms with Crippen LogP contribution in [0.1, 0.15) is 41.6 Å². The molecule has 0 atom stereocenters. The molecule has 9 heteroatoms. The average Bonchev–Trinajstić information content (AvgIpc) is 3.12. The number of primary sulfonamides is 1. The van der Waals surface area contributed by atoms with Gasteiger partial charge in [-0.3, -0.25) is 9.59 Å². The van der Waals surface area contributed by atoms with Gasteiger partial charge in [-0.2, -0.15) is 0 Å². The fraction of sp³-hybridized carbons (Fsp3) is 0.318. The highest BCUT2D eigenvalue weighted by Crippen LogP contribution is 2.29. The Hall–Kier alpha value is -2.62. The van der Waals surface area contributed by atoms with Crippen LogP contribution >= 0.6 is 11.3 Å².